The molecule has 1 heterocycles. The summed E-state index contributed by atoms with van der Waals surface area (Å²) in [6.07, 6.45) is 4.21. The molecule has 1 aromatic heterocycles. The van der Waals surface area contributed by atoms with Crippen molar-refractivity contribution in [1.29, 1.82) is 0 Å². The molecule has 0 atom stereocenters. The highest BCUT2D eigenvalue weighted by atomic mass is 19.2. The van der Waals surface area contributed by atoms with Crippen LogP contribution >= 0.6 is 0 Å². The van der Waals surface area contributed by atoms with Crippen LogP contribution in [0.3, 0.4) is 0 Å². The van der Waals surface area contributed by atoms with Gasteiger partial charge in [0.15, 0.2) is 11.6 Å². The molecule has 0 aliphatic heterocycles. The predicted molar refractivity (Wildman–Crippen MR) is 68.5 cm³/mol. The summed E-state index contributed by atoms with van der Waals surface area (Å²) >= 11 is 0. The van der Waals surface area contributed by atoms with Crippen LogP contribution in [-0.4, -0.2) is 26.7 Å². The number of nitrogens with zero attached hydrogens (tertiary/aromatic N) is 2. The molecular weight excluding hydrogens is 253 g/mol. The molecule has 0 aliphatic carbocycles. The molecule has 0 amide bonds. The van der Waals surface area contributed by atoms with Gasteiger partial charge >= 0.3 is 7.12 Å². The first-order chi connectivity index (χ1) is 9.09. The monoisotopic (exact) mass is 268 g/mol. The summed E-state index contributed by atoms with van der Waals surface area (Å²) in [5.41, 5.74) is 0.617. The SMILES string of the molecule is OB(O)CCCCCn1cnc2c(F)c(F)ccc21. The van der Waals surface area contributed by atoms with E-state index in [0.29, 0.717) is 24.8 Å². The summed E-state index contributed by atoms with van der Waals surface area (Å²) in [6.45, 7) is 0.642. The maximum atomic E-state index is 13.4. The highest BCUT2D eigenvalue weighted by molar-refractivity contribution is 6.40. The summed E-state index contributed by atoms with van der Waals surface area (Å²) < 4.78 is 28.2. The normalized spacial score (nSPS) is 11.2. The second kappa shape index (κ2) is 6.12. The zero-order valence-electron chi connectivity index (χ0n) is 10.4. The van der Waals surface area contributed by atoms with Gasteiger partial charge in [0.25, 0.3) is 0 Å². The van der Waals surface area contributed by atoms with Crippen LogP contribution in [0.5, 0.6) is 0 Å². The lowest BCUT2D eigenvalue weighted by Gasteiger charge is -2.04. The van der Waals surface area contributed by atoms with Crippen LogP contribution in [0.4, 0.5) is 8.78 Å². The van der Waals surface area contributed by atoms with E-state index in [2.05, 4.69) is 4.98 Å². The third kappa shape index (κ3) is 3.30. The lowest BCUT2D eigenvalue weighted by molar-refractivity contribution is 0.401. The van der Waals surface area contributed by atoms with E-state index < -0.39 is 18.8 Å². The Bertz CT molecular complexity index is 560. The fourth-order valence-electron chi connectivity index (χ4n) is 2.04. The highest BCUT2D eigenvalue weighted by Crippen LogP contribution is 2.19. The maximum absolute atomic E-state index is 13.4. The van der Waals surface area contributed by atoms with Crippen LogP contribution in [0.2, 0.25) is 6.32 Å². The third-order valence-corrected chi connectivity index (χ3v) is 3.04. The third-order valence-electron chi connectivity index (χ3n) is 3.04. The molecule has 4 nitrogen and oxygen atoms in total. The predicted octanol–water partition coefficient (Wildman–Crippen LogP) is 1.96. The van der Waals surface area contributed by atoms with Crippen molar-refractivity contribution in [2.45, 2.75) is 32.1 Å². The van der Waals surface area contributed by atoms with Crippen LogP contribution in [0.15, 0.2) is 18.5 Å². The Kier molecular flexibility index (Phi) is 4.49. The van der Waals surface area contributed by atoms with Crippen LogP contribution in [0.1, 0.15) is 19.3 Å². The first kappa shape index (κ1) is 14.0. The van der Waals surface area contributed by atoms with Crippen molar-refractivity contribution in [2.75, 3.05) is 0 Å². The van der Waals surface area contributed by atoms with Gasteiger partial charge in [-0.2, -0.15) is 0 Å². The number of halogens is 2. The topological polar surface area (TPSA) is 58.3 Å². The van der Waals surface area contributed by atoms with Crippen molar-refractivity contribution in [3.63, 3.8) is 0 Å². The van der Waals surface area contributed by atoms with Crippen molar-refractivity contribution in [3.8, 4) is 0 Å². The second-order valence-electron chi connectivity index (χ2n) is 4.50. The van der Waals surface area contributed by atoms with Gasteiger partial charge in [-0.05, 0) is 24.9 Å². The molecule has 0 saturated heterocycles. The molecular formula is C12H15BF2N2O2. The highest BCUT2D eigenvalue weighted by Gasteiger charge is 2.11. The average Bonchev–Trinajstić information content (AvgIpc) is 2.77. The van der Waals surface area contributed by atoms with E-state index in [4.69, 9.17) is 10.0 Å². The molecule has 2 N–H and O–H groups in total. The summed E-state index contributed by atoms with van der Waals surface area (Å²) in [5.74, 6) is -1.81. The Balaban J connectivity index is 1.96. The second-order valence-corrected chi connectivity index (χ2v) is 4.50. The van der Waals surface area contributed by atoms with Crippen LogP contribution < -0.4 is 0 Å². The molecule has 0 saturated carbocycles. The summed E-state index contributed by atoms with van der Waals surface area (Å²) in [4.78, 5) is 3.87. The van der Waals surface area contributed by atoms with E-state index in [1.165, 1.54) is 12.4 Å². The van der Waals surface area contributed by atoms with Crippen molar-refractivity contribution in [1.82, 2.24) is 9.55 Å². The summed E-state index contributed by atoms with van der Waals surface area (Å²) in [7, 11) is -1.26. The van der Waals surface area contributed by atoms with Gasteiger partial charge in [-0.15, -0.1) is 0 Å². The lowest BCUT2D eigenvalue weighted by Crippen LogP contribution is -2.09. The minimum absolute atomic E-state index is 0.0470. The smallest absolute Gasteiger partial charge is 0.427 e. The summed E-state index contributed by atoms with van der Waals surface area (Å²) in [5, 5.41) is 17.4. The molecule has 0 unspecified atom stereocenters. The molecule has 7 heteroatoms. The molecule has 2 aromatic rings. The quantitative estimate of drug-likeness (QED) is 0.622. The maximum Gasteiger partial charge on any atom is 0.451 e. The number of fused-ring (bicyclic) bond motifs is 1. The number of benzene rings is 1. The molecule has 0 bridgehead atoms. The van der Waals surface area contributed by atoms with E-state index in [1.807, 2.05) is 0 Å². The van der Waals surface area contributed by atoms with Gasteiger partial charge < -0.3 is 14.6 Å². The standard InChI is InChI=1S/C12H15BF2N2O2/c14-9-4-5-10-12(11(9)15)16-8-17(10)7-3-1-2-6-13(18)19/h4-5,8,18-19H,1-3,6-7H2. The van der Waals surface area contributed by atoms with Gasteiger partial charge in [0, 0.05) is 6.54 Å². The number of rotatable bonds is 6. The molecule has 0 radical (unpaired) electrons. The number of aromatic nitrogens is 2. The van der Waals surface area contributed by atoms with Crippen LogP contribution in [0.25, 0.3) is 11.0 Å². The molecule has 19 heavy (non-hydrogen) atoms. The number of imidazole rings is 1. The Labute approximate surface area is 109 Å². The molecule has 0 aliphatic rings. The van der Waals surface area contributed by atoms with Gasteiger partial charge in [0.05, 0.1) is 11.8 Å². The molecule has 2 rings (SSSR count). The average molecular weight is 268 g/mol. The van der Waals surface area contributed by atoms with E-state index in [0.717, 1.165) is 18.9 Å². The molecule has 102 valence electrons. The first-order valence-corrected chi connectivity index (χ1v) is 6.24. The Morgan fingerprint density at radius 3 is 2.68 bits per heavy atom. The van der Waals surface area contributed by atoms with E-state index in [-0.39, 0.29) is 5.52 Å². The number of unbranched alkanes of at least 4 members (excludes halogenated alkanes) is 2. The van der Waals surface area contributed by atoms with Crippen LogP contribution in [0, 0.1) is 11.6 Å². The Morgan fingerprint density at radius 2 is 1.95 bits per heavy atom. The van der Waals surface area contributed by atoms with Gasteiger partial charge in [0.1, 0.15) is 5.52 Å². The van der Waals surface area contributed by atoms with Crippen molar-refractivity contribution >= 4 is 18.2 Å². The fourth-order valence-corrected chi connectivity index (χ4v) is 2.04. The zero-order valence-corrected chi connectivity index (χ0v) is 10.4. The fraction of sp³-hybridized carbons (Fsp3) is 0.417. The van der Waals surface area contributed by atoms with E-state index in [9.17, 15) is 8.78 Å². The Morgan fingerprint density at radius 1 is 1.16 bits per heavy atom. The van der Waals surface area contributed by atoms with Gasteiger partial charge in [-0.3, -0.25) is 0 Å². The molecule has 0 spiro atoms. The van der Waals surface area contributed by atoms with Gasteiger partial charge in [-0.25, -0.2) is 13.8 Å². The van der Waals surface area contributed by atoms with Crippen molar-refractivity contribution in [2.24, 2.45) is 0 Å². The van der Waals surface area contributed by atoms with E-state index >= 15 is 0 Å². The largest absolute Gasteiger partial charge is 0.451 e. The van der Waals surface area contributed by atoms with Crippen LogP contribution in [-0.2, 0) is 6.54 Å². The molecule has 0 fully saturated rings. The summed E-state index contributed by atoms with van der Waals surface area (Å²) in [6, 6.07) is 2.61. The number of aryl methyl sites for hydroxylation is 1. The first-order valence-electron chi connectivity index (χ1n) is 6.24. The van der Waals surface area contributed by atoms with E-state index in [1.54, 1.807) is 4.57 Å². The molecule has 1 aromatic carbocycles. The van der Waals surface area contributed by atoms with Gasteiger partial charge in [-0.1, -0.05) is 12.8 Å². The van der Waals surface area contributed by atoms with Crippen molar-refractivity contribution in [3.05, 3.63) is 30.1 Å². The number of hydrogen-bond acceptors (Lipinski definition) is 3. The van der Waals surface area contributed by atoms with Gasteiger partial charge in [0.2, 0.25) is 0 Å². The number of hydrogen-bond donors (Lipinski definition) is 2. The minimum atomic E-state index is -1.26. The minimum Gasteiger partial charge on any atom is -0.427 e. The Hall–Kier alpha value is -1.47. The zero-order chi connectivity index (χ0) is 13.8. The lowest BCUT2D eigenvalue weighted by atomic mass is 9.83. The van der Waals surface area contributed by atoms with Crippen molar-refractivity contribution < 1.29 is 18.8 Å².